The lowest BCUT2D eigenvalue weighted by Crippen LogP contribution is -2.37. The molecule has 1 fully saturated rings. The molecule has 1 aliphatic heterocycles. The summed E-state index contributed by atoms with van der Waals surface area (Å²) in [7, 11) is 0. The zero-order valence-electron chi connectivity index (χ0n) is 13.5. The molecule has 1 heterocycles. The van der Waals surface area contributed by atoms with Gasteiger partial charge in [-0.25, -0.2) is 9.59 Å². The van der Waals surface area contributed by atoms with Gasteiger partial charge >= 0.3 is 12.1 Å². The molecule has 0 bridgehead atoms. The number of urea groups is 2. The lowest BCUT2D eigenvalue weighted by molar-refractivity contribution is 0.215. The van der Waals surface area contributed by atoms with Gasteiger partial charge in [0.1, 0.15) is 0 Å². The van der Waals surface area contributed by atoms with Crippen molar-refractivity contribution >= 4 is 17.7 Å². The number of hydrogen-bond acceptors (Lipinski definition) is 2. The van der Waals surface area contributed by atoms with E-state index in [1.165, 1.54) is 0 Å². The Balaban J connectivity index is 2.00. The fraction of sp³-hybridized carbons (Fsp3) is 0.412. The summed E-state index contributed by atoms with van der Waals surface area (Å²) in [4.78, 5) is 25.6. The summed E-state index contributed by atoms with van der Waals surface area (Å²) >= 11 is 0. The summed E-state index contributed by atoms with van der Waals surface area (Å²) in [6.07, 6.45) is 3.38. The molecule has 1 saturated heterocycles. The van der Waals surface area contributed by atoms with Crippen LogP contribution in [0.3, 0.4) is 0 Å². The second-order valence-electron chi connectivity index (χ2n) is 5.54. The first-order chi connectivity index (χ1) is 11.1. The Hall–Kier alpha value is -2.50. The van der Waals surface area contributed by atoms with Crippen molar-refractivity contribution in [2.45, 2.75) is 32.4 Å². The lowest BCUT2D eigenvalue weighted by atomic mass is 10.1. The second kappa shape index (κ2) is 8.22. The summed E-state index contributed by atoms with van der Waals surface area (Å²) in [6.45, 7) is 7.54. The van der Waals surface area contributed by atoms with Crippen LogP contribution in [0.5, 0.6) is 0 Å². The third kappa shape index (κ3) is 4.74. The first-order valence-corrected chi connectivity index (χ1v) is 7.93. The minimum absolute atomic E-state index is 0.0683. The maximum atomic E-state index is 12.2. The molecule has 0 aromatic heterocycles. The molecule has 1 aliphatic rings. The van der Waals surface area contributed by atoms with E-state index >= 15 is 0 Å². The average Bonchev–Trinajstić information content (AvgIpc) is 2.94. The molecule has 0 radical (unpaired) electrons. The van der Waals surface area contributed by atoms with Crippen LogP contribution in [0.15, 0.2) is 36.9 Å². The van der Waals surface area contributed by atoms with Crippen LogP contribution in [0.4, 0.5) is 15.3 Å². The van der Waals surface area contributed by atoms with Crippen molar-refractivity contribution in [1.29, 1.82) is 0 Å². The Morgan fingerprint density at radius 1 is 1.48 bits per heavy atom. The van der Waals surface area contributed by atoms with E-state index in [1.807, 2.05) is 31.2 Å². The van der Waals surface area contributed by atoms with Crippen molar-refractivity contribution in [3.8, 4) is 0 Å². The van der Waals surface area contributed by atoms with Crippen LogP contribution in [0.1, 0.15) is 25.3 Å². The number of amides is 4. The van der Waals surface area contributed by atoms with E-state index in [2.05, 4.69) is 22.5 Å². The minimum atomic E-state index is -0.239. The van der Waals surface area contributed by atoms with Gasteiger partial charge in [0.25, 0.3) is 0 Å². The molecule has 0 aliphatic carbocycles. The molecule has 0 saturated carbocycles. The zero-order valence-corrected chi connectivity index (χ0v) is 13.5. The molecule has 1 aromatic carbocycles. The average molecular weight is 316 g/mol. The van der Waals surface area contributed by atoms with Crippen LogP contribution < -0.4 is 16.0 Å². The third-order valence-electron chi connectivity index (χ3n) is 3.85. The largest absolute Gasteiger partial charge is 0.336 e. The highest BCUT2D eigenvalue weighted by Gasteiger charge is 2.20. The van der Waals surface area contributed by atoms with E-state index in [9.17, 15) is 9.59 Å². The standard InChI is InChI=1S/C17H24N4O2/c1-3-7-14(4-2)19-16(22)20-15-9-6-5-8-13(15)12-21-11-10-18-17(21)23/h3,5-6,8-9,14H,1,4,7,10-12H2,2H3,(H,18,23)(H2,19,20,22)/t14-/m0/s1. The number of carbonyl (C=O) groups excluding carboxylic acids is 2. The summed E-state index contributed by atoms with van der Waals surface area (Å²) in [5.41, 5.74) is 1.63. The second-order valence-corrected chi connectivity index (χ2v) is 5.54. The van der Waals surface area contributed by atoms with E-state index in [0.29, 0.717) is 19.6 Å². The Morgan fingerprint density at radius 2 is 2.26 bits per heavy atom. The van der Waals surface area contributed by atoms with Gasteiger partial charge < -0.3 is 20.9 Å². The number of nitrogens with one attached hydrogen (secondary N) is 3. The normalized spacial score (nSPS) is 15.0. The molecule has 23 heavy (non-hydrogen) atoms. The highest BCUT2D eigenvalue weighted by atomic mass is 16.2. The summed E-state index contributed by atoms with van der Waals surface area (Å²) in [6, 6.07) is 7.30. The molecular weight excluding hydrogens is 292 g/mol. The van der Waals surface area contributed by atoms with E-state index < -0.39 is 0 Å². The van der Waals surface area contributed by atoms with Crippen LogP contribution in [-0.2, 0) is 6.54 Å². The predicted octanol–water partition coefficient (Wildman–Crippen LogP) is 2.69. The van der Waals surface area contributed by atoms with Crippen LogP contribution in [0.25, 0.3) is 0 Å². The Kier molecular flexibility index (Phi) is 6.02. The van der Waals surface area contributed by atoms with Gasteiger partial charge in [0.15, 0.2) is 0 Å². The summed E-state index contributed by atoms with van der Waals surface area (Å²) in [5, 5.41) is 8.59. The van der Waals surface area contributed by atoms with Gasteiger partial charge in [-0.15, -0.1) is 6.58 Å². The number of anilines is 1. The Labute approximate surface area is 136 Å². The SMILES string of the molecule is C=CC[C@H](CC)NC(=O)Nc1ccccc1CN1CCNC1=O. The molecule has 6 nitrogen and oxygen atoms in total. The maximum Gasteiger partial charge on any atom is 0.319 e. The van der Waals surface area contributed by atoms with E-state index in [-0.39, 0.29) is 18.1 Å². The van der Waals surface area contributed by atoms with E-state index in [4.69, 9.17) is 0 Å². The summed E-state index contributed by atoms with van der Waals surface area (Å²) in [5.74, 6) is 0. The number of hydrogen-bond donors (Lipinski definition) is 3. The van der Waals surface area contributed by atoms with Crippen molar-refractivity contribution in [2.75, 3.05) is 18.4 Å². The number of nitrogens with zero attached hydrogens (tertiary/aromatic N) is 1. The van der Waals surface area contributed by atoms with Crippen molar-refractivity contribution in [2.24, 2.45) is 0 Å². The van der Waals surface area contributed by atoms with Crippen LogP contribution in [0.2, 0.25) is 0 Å². The Bertz CT molecular complexity index is 573. The summed E-state index contributed by atoms with van der Waals surface area (Å²) < 4.78 is 0. The monoisotopic (exact) mass is 316 g/mol. The lowest BCUT2D eigenvalue weighted by Gasteiger charge is -2.19. The van der Waals surface area contributed by atoms with Gasteiger partial charge in [-0.1, -0.05) is 31.2 Å². The van der Waals surface area contributed by atoms with Gasteiger partial charge in [0, 0.05) is 31.4 Å². The molecular formula is C17H24N4O2. The van der Waals surface area contributed by atoms with Gasteiger partial charge in [0.05, 0.1) is 0 Å². The van der Waals surface area contributed by atoms with Gasteiger partial charge in [-0.3, -0.25) is 0 Å². The molecule has 124 valence electrons. The van der Waals surface area contributed by atoms with Gasteiger partial charge in [-0.2, -0.15) is 0 Å². The molecule has 0 spiro atoms. The first-order valence-electron chi connectivity index (χ1n) is 7.93. The van der Waals surface area contributed by atoms with Crippen LogP contribution >= 0.6 is 0 Å². The van der Waals surface area contributed by atoms with Crippen LogP contribution in [0, 0.1) is 0 Å². The molecule has 2 rings (SSSR count). The molecule has 4 amide bonds. The molecule has 3 N–H and O–H groups in total. The molecule has 6 heteroatoms. The zero-order chi connectivity index (χ0) is 16.7. The van der Waals surface area contributed by atoms with Crippen molar-refractivity contribution in [1.82, 2.24) is 15.5 Å². The predicted molar refractivity (Wildman–Crippen MR) is 91.3 cm³/mol. The molecule has 1 aromatic rings. The number of rotatable bonds is 7. The number of para-hydroxylation sites is 1. The van der Waals surface area contributed by atoms with Gasteiger partial charge in [0.2, 0.25) is 0 Å². The first kappa shape index (κ1) is 16.9. The molecule has 0 unspecified atom stereocenters. The fourth-order valence-corrected chi connectivity index (χ4v) is 2.52. The fourth-order valence-electron chi connectivity index (χ4n) is 2.52. The van der Waals surface area contributed by atoms with E-state index in [1.54, 1.807) is 11.0 Å². The van der Waals surface area contributed by atoms with Crippen molar-refractivity contribution < 1.29 is 9.59 Å². The van der Waals surface area contributed by atoms with Crippen molar-refractivity contribution in [3.05, 3.63) is 42.5 Å². The highest BCUT2D eigenvalue weighted by Crippen LogP contribution is 2.18. The third-order valence-corrected chi connectivity index (χ3v) is 3.85. The topological polar surface area (TPSA) is 73.5 Å². The van der Waals surface area contributed by atoms with Crippen LogP contribution in [-0.4, -0.2) is 36.1 Å². The minimum Gasteiger partial charge on any atom is -0.336 e. The van der Waals surface area contributed by atoms with Crippen molar-refractivity contribution in [3.63, 3.8) is 0 Å². The molecule has 1 atom stereocenters. The maximum absolute atomic E-state index is 12.2. The van der Waals surface area contributed by atoms with Gasteiger partial charge in [-0.05, 0) is 24.5 Å². The highest BCUT2D eigenvalue weighted by molar-refractivity contribution is 5.90. The van der Waals surface area contributed by atoms with E-state index in [0.717, 1.165) is 24.1 Å². The quantitative estimate of drug-likeness (QED) is 0.677. The number of carbonyl (C=O) groups is 2. The number of benzene rings is 1. The smallest absolute Gasteiger partial charge is 0.319 e. The Morgan fingerprint density at radius 3 is 2.91 bits per heavy atom.